The van der Waals surface area contributed by atoms with Crippen molar-refractivity contribution in [3.05, 3.63) is 53.1 Å². The summed E-state index contributed by atoms with van der Waals surface area (Å²) in [5, 5.41) is 2.80. The molecule has 0 aromatic heterocycles. The molecule has 0 unspecified atom stereocenters. The van der Waals surface area contributed by atoms with Crippen LogP contribution in [0.2, 0.25) is 5.02 Å². The van der Waals surface area contributed by atoms with Gasteiger partial charge in [0.1, 0.15) is 0 Å². The normalized spacial score (nSPS) is 10.6. The molecule has 0 aliphatic rings. The number of nitrogens with one attached hydrogen (secondary N) is 1. The van der Waals surface area contributed by atoms with Crippen LogP contribution in [-0.4, -0.2) is 24.2 Å². The molecule has 0 saturated heterocycles. The van der Waals surface area contributed by atoms with Gasteiger partial charge in [0, 0.05) is 21.3 Å². The van der Waals surface area contributed by atoms with E-state index < -0.39 is 24.2 Å². The van der Waals surface area contributed by atoms with Gasteiger partial charge in [-0.15, -0.1) is 0 Å². The van der Waals surface area contributed by atoms with Gasteiger partial charge in [-0.1, -0.05) is 23.4 Å². The Kier molecular flexibility index (Phi) is 6.60. The molecule has 0 fully saturated rings. The molecule has 25 heavy (non-hydrogen) atoms. The number of carbonyl (C=O) groups is 2. The van der Waals surface area contributed by atoms with Crippen molar-refractivity contribution in [1.82, 2.24) is 0 Å². The highest BCUT2D eigenvalue weighted by molar-refractivity contribution is 7.99. The van der Waals surface area contributed by atoms with Gasteiger partial charge < -0.3 is 15.8 Å². The van der Waals surface area contributed by atoms with Gasteiger partial charge in [0.2, 0.25) is 0 Å². The van der Waals surface area contributed by atoms with Gasteiger partial charge in [0.25, 0.3) is 11.7 Å². The molecule has 2 rings (SSSR count). The zero-order valence-electron chi connectivity index (χ0n) is 12.7. The van der Waals surface area contributed by atoms with E-state index in [1.165, 1.54) is 42.5 Å². The van der Waals surface area contributed by atoms with Crippen LogP contribution in [0.3, 0.4) is 0 Å². The number of carbonyl (C=O) groups excluding carboxylic acids is 2. The minimum Gasteiger partial charge on any atom is -0.452 e. The van der Waals surface area contributed by atoms with E-state index in [-0.39, 0.29) is 11.3 Å². The Morgan fingerprint density at radius 2 is 1.88 bits per heavy atom. The molecule has 5 nitrogen and oxygen atoms in total. The lowest BCUT2D eigenvalue weighted by molar-refractivity contribution is -0.119. The van der Waals surface area contributed by atoms with E-state index >= 15 is 0 Å². The Morgan fingerprint density at radius 1 is 1.20 bits per heavy atom. The first kappa shape index (κ1) is 19.0. The van der Waals surface area contributed by atoms with E-state index in [0.29, 0.717) is 27.4 Å². The highest BCUT2D eigenvalue weighted by atomic mass is 35.5. The summed E-state index contributed by atoms with van der Waals surface area (Å²) >= 11 is 6.19. The monoisotopic (exact) mass is 386 g/mol. The molecular weight excluding hydrogens is 374 g/mol. The highest BCUT2D eigenvalue weighted by Crippen LogP contribution is 2.26. The number of amides is 1. The van der Waals surface area contributed by atoms with E-state index in [1.54, 1.807) is 0 Å². The Balaban J connectivity index is 1.88. The van der Waals surface area contributed by atoms with Gasteiger partial charge in [-0.2, -0.15) is 8.78 Å². The Labute approximate surface area is 151 Å². The Bertz CT molecular complexity index is 772. The third-order valence-electron chi connectivity index (χ3n) is 2.93. The molecule has 0 aliphatic carbocycles. The predicted molar refractivity (Wildman–Crippen MR) is 93.1 cm³/mol. The van der Waals surface area contributed by atoms with Crippen molar-refractivity contribution in [2.24, 2.45) is 0 Å². The third kappa shape index (κ3) is 5.91. The van der Waals surface area contributed by atoms with Crippen molar-refractivity contribution in [2.75, 3.05) is 17.7 Å². The van der Waals surface area contributed by atoms with Crippen LogP contribution in [0.4, 0.5) is 20.2 Å². The van der Waals surface area contributed by atoms with Crippen LogP contribution in [0.1, 0.15) is 10.4 Å². The van der Waals surface area contributed by atoms with Crippen LogP contribution >= 0.6 is 23.4 Å². The summed E-state index contributed by atoms with van der Waals surface area (Å²) in [6, 6.07) is 10.2. The number of halogens is 3. The maximum absolute atomic E-state index is 12.2. The van der Waals surface area contributed by atoms with Crippen LogP contribution < -0.4 is 11.1 Å². The van der Waals surface area contributed by atoms with Crippen LogP contribution in [0.25, 0.3) is 0 Å². The third-order valence-corrected chi connectivity index (χ3v) is 3.89. The second-order valence-electron chi connectivity index (χ2n) is 4.76. The zero-order valence-corrected chi connectivity index (χ0v) is 14.2. The molecule has 0 bridgehead atoms. The van der Waals surface area contributed by atoms with Crippen molar-refractivity contribution in [3.8, 4) is 0 Å². The van der Waals surface area contributed by atoms with Crippen molar-refractivity contribution in [2.45, 2.75) is 10.7 Å². The Hall–Kier alpha value is -2.32. The summed E-state index contributed by atoms with van der Waals surface area (Å²) in [7, 11) is 0. The highest BCUT2D eigenvalue weighted by Gasteiger charge is 2.14. The van der Waals surface area contributed by atoms with E-state index in [2.05, 4.69) is 5.32 Å². The number of esters is 1. The fourth-order valence-corrected chi connectivity index (χ4v) is 2.50. The number of nitrogens with two attached hydrogens (primary N) is 1. The fourth-order valence-electron chi connectivity index (χ4n) is 1.83. The van der Waals surface area contributed by atoms with Gasteiger partial charge in [0.15, 0.2) is 6.61 Å². The van der Waals surface area contributed by atoms with Crippen LogP contribution in [-0.2, 0) is 9.53 Å². The number of hydrogen-bond acceptors (Lipinski definition) is 5. The molecule has 3 N–H and O–H groups in total. The molecule has 9 heteroatoms. The number of ether oxygens (including phenoxy) is 1. The summed E-state index contributed by atoms with van der Waals surface area (Å²) in [6.07, 6.45) is 0. The minimum absolute atomic E-state index is 0.0636. The maximum atomic E-state index is 12.2. The fraction of sp³-hybridized carbons (Fsp3) is 0.125. The average Bonchev–Trinajstić information content (AvgIpc) is 2.56. The summed E-state index contributed by atoms with van der Waals surface area (Å²) in [5.74, 6) is -3.87. The van der Waals surface area contributed by atoms with Gasteiger partial charge in [-0.25, -0.2) is 4.79 Å². The molecule has 0 radical (unpaired) electrons. The molecule has 1 amide bonds. The zero-order chi connectivity index (χ0) is 18.4. The summed E-state index contributed by atoms with van der Waals surface area (Å²) in [6.45, 7) is -0.529. The quantitative estimate of drug-likeness (QED) is 0.445. The molecule has 132 valence electrons. The first-order valence-electron chi connectivity index (χ1n) is 6.92. The largest absolute Gasteiger partial charge is 0.452 e. The number of nitrogen functional groups attached to an aromatic ring is 1. The van der Waals surface area contributed by atoms with E-state index in [1.807, 2.05) is 0 Å². The van der Waals surface area contributed by atoms with Crippen LogP contribution in [0.5, 0.6) is 0 Å². The molecule has 0 saturated carbocycles. The number of alkyl halides is 2. The minimum atomic E-state index is -2.52. The molecule has 0 spiro atoms. The lowest BCUT2D eigenvalue weighted by Gasteiger charge is -2.09. The van der Waals surface area contributed by atoms with Gasteiger partial charge in [-0.3, -0.25) is 4.79 Å². The molecule has 0 heterocycles. The topological polar surface area (TPSA) is 81.4 Å². The van der Waals surface area contributed by atoms with Crippen molar-refractivity contribution < 1.29 is 23.1 Å². The maximum Gasteiger partial charge on any atom is 0.340 e. The molecular formula is C16H13ClF2N2O3S. The lowest BCUT2D eigenvalue weighted by Crippen LogP contribution is -2.21. The van der Waals surface area contributed by atoms with Crippen LogP contribution in [0.15, 0.2) is 47.4 Å². The van der Waals surface area contributed by atoms with Gasteiger partial charge >= 0.3 is 5.97 Å². The van der Waals surface area contributed by atoms with E-state index in [9.17, 15) is 18.4 Å². The number of thioether (sulfide) groups is 1. The summed E-state index contributed by atoms with van der Waals surface area (Å²) < 4.78 is 29.3. The van der Waals surface area contributed by atoms with Crippen molar-refractivity contribution in [1.29, 1.82) is 0 Å². The number of hydrogen-bond donors (Lipinski definition) is 2. The standard InChI is InChI=1S/C16H13ClF2N2O3S/c17-9-1-6-13(20)12(7-9)15(23)24-8-14(22)21-10-2-4-11(5-3-10)25-16(18)19/h1-7,16H,8,20H2,(H,21,22). The predicted octanol–water partition coefficient (Wildman–Crippen LogP) is 4.03. The molecule has 0 atom stereocenters. The molecule has 0 aliphatic heterocycles. The van der Waals surface area contributed by atoms with Gasteiger partial charge in [-0.05, 0) is 42.5 Å². The number of rotatable bonds is 6. The second kappa shape index (κ2) is 8.68. The Morgan fingerprint density at radius 3 is 2.52 bits per heavy atom. The van der Waals surface area contributed by atoms with E-state index in [0.717, 1.165) is 0 Å². The van der Waals surface area contributed by atoms with Crippen LogP contribution in [0, 0.1) is 0 Å². The van der Waals surface area contributed by atoms with Gasteiger partial charge in [0.05, 0.1) is 5.56 Å². The lowest BCUT2D eigenvalue weighted by atomic mass is 10.2. The first-order valence-corrected chi connectivity index (χ1v) is 8.18. The van der Waals surface area contributed by atoms with E-state index in [4.69, 9.17) is 22.1 Å². The smallest absolute Gasteiger partial charge is 0.340 e. The SMILES string of the molecule is Nc1ccc(Cl)cc1C(=O)OCC(=O)Nc1ccc(SC(F)F)cc1. The van der Waals surface area contributed by atoms with Crippen molar-refractivity contribution >= 4 is 46.6 Å². The molecule has 2 aromatic carbocycles. The average molecular weight is 387 g/mol. The number of benzene rings is 2. The second-order valence-corrected chi connectivity index (χ2v) is 6.26. The summed E-state index contributed by atoms with van der Waals surface area (Å²) in [4.78, 5) is 24.1. The summed E-state index contributed by atoms with van der Waals surface area (Å²) in [5.41, 5.74) is 6.29. The molecule has 2 aromatic rings. The first-order chi connectivity index (χ1) is 11.8. The number of anilines is 2. The van der Waals surface area contributed by atoms with Crippen molar-refractivity contribution in [3.63, 3.8) is 0 Å².